The highest BCUT2D eigenvalue weighted by Gasteiger charge is 2.42. The first-order valence-electron chi connectivity index (χ1n) is 6.38. The van der Waals surface area contributed by atoms with Gasteiger partial charge in [-0.1, -0.05) is 12.8 Å². The molecule has 0 spiro atoms. The van der Waals surface area contributed by atoms with Crippen LogP contribution >= 0.6 is 0 Å². The zero-order valence-electron chi connectivity index (χ0n) is 9.80. The molecule has 2 rings (SSSR count). The van der Waals surface area contributed by atoms with Crippen LogP contribution in [-0.2, 0) is 4.79 Å². The van der Waals surface area contributed by atoms with Crippen LogP contribution in [0.4, 0.5) is 0 Å². The Labute approximate surface area is 96.8 Å². The number of carbonyl (C=O) groups is 1. The van der Waals surface area contributed by atoms with Crippen LogP contribution in [0.25, 0.3) is 0 Å². The summed E-state index contributed by atoms with van der Waals surface area (Å²) < 4.78 is 0. The van der Waals surface area contributed by atoms with Crippen molar-refractivity contribution < 1.29 is 9.90 Å². The fourth-order valence-electron chi connectivity index (χ4n) is 2.22. The minimum Gasteiger partial charge on any atom is -0.396 e. The van der Waals surface area contributed by atoms with Crippen molar-refractivity contribution in [3.63, 3.8) is 0 Å². The first-order valence-corrected chi connectivity index (χ1v) is 6.38. The van der Waals surface area contributed by atoms with Gasteiger partial charge in [-0.3, -0.25) is 4.79 Å². The van der Waals surface area contributed by atoms with E-state index in [0.717, 1.165) is 32.2 Å². The third kappa shape index (κ3) is 2.95. The maximum absolute atomic E-state index is 11.9. The molecule has 2 aliphatic rings. The molecule has 1 saturated carbocycles. The number of rotatable bonds is 4. The minimum atomic E-state index is -0.0167. The lowest BCUT2D eigenvalue weighted by Gasteiger charge is -2.18. The molecule has 0 aromatic rings. The monoisotopic (exact) mass is 226 g/mol. The summed E-state index contributed by atoms with van der Waals surface area (Å²) in [5.41, 5.74) is 0.0143. The first kappa shape index (κ1) is 11.9. The number of hydrogen-bond donors (Lipinski definition) is 3. The molecule has 1 saturated heterocycles. The lowest BCUT2D eigenvalue weighted by molar-refractivity contribution is -0.123. The van der Waals surface area contributed by atoms with E-state index in [4.69, 9.17) is 5.11 Å². The van der Waals surface area contributed by atoms with Crippen LogP contribution in [0, 0.1) is 5.41 Å². The van der Waals surface area contributed by atoms with Gasteiger partial charge in [0.1, 0.15) is 0 Å². The van der Waals surface area contributed by atoms with Crippen molar-refractivity contribution in [3.8, 4) is 0 Å². The van der Waals surface area contributed by atoms with Gasteiger partial charge in [-0.15, -0.1) is 0 Å². The van der Waals surface area contributed by atoms with Gasteiger partial charge >= 0.3 is 0 Å². The molecule has 1 heterocycles. The molecule has 4 heteroatoms. The Bertz CT molecular complexity index is 243. The summed E-state index contributed by atoms with van der Waals surface area (Å²) in [6, 6.07) is -0.0167. The highest BCUT2D eigenvalue weighted by molar-refractivity contribution is 5.81. The molecule has 1 aliphatic heterocycles. The third-order valence-corrected chi connectivity index (χ3v) is 3.81. The Morgan fingerprint density at radius 2 is 2.19 bits per heavy atom. The van der Waals surface area contributed by atoms with Crippen molar-refractivity contribution >= 4 is 5.91 Å². The largest absolute Gasteiger partial charge is 0.396 e. The maximum Gasteiger partial charge on any atom is 0.237 e. The van der Waals surface area contributed by atoms with Gasteiger partial charge in [0.25, 0.3) is 0 Å². The average molecular weight is 226 g/mol. The lowest BCUT2D eigenvalue weighted by atomic mass is 10.1. The van der Waals surface area contributed by atoms with E-state index in [1.54, 1.807) is 0 Å². The topological polar surface area (TPSA) is 61.4 Å². The van der Waals surface area contributed by atoms with Gasteiger partial charge in [-0.25, -0.2) is 0 Å². The summed E-state index contributed by atoms with van der Waals surface area (Å²) >= 11 is 0. The number of nitrogens with one attached hydrogen (secondary N) is 2. The second-order valence-electron chi connectivity index (χ2n) is 5.23. The standard InChI is InChI=1S/C12H22N2O2/c15-9-12(5-6-12)8-14-11(16)10-4-2-1-3-7-13-10/h10,13,15H,1-9H2,(H,14,16). The van der Waals surface area contributed by atoms with E-state index >= 15 is 0 Å². The minimum absolute atomic E-state index is 0.0143. The number of carbonyl (C=O) groups excluding carboxylic acids is 1. The van der Waals surface area contributed by atoms with Crippen LogP contribution in [0.1, 0.15) is 38.5 Å². The van der Waals surface area contributed by atoms with Gasteiger partial charge in [-0.05, 0) is 32.2 Å². The van der Waals surface area contributed by atoms with Gasteiger partial charge in [0.05, 0.1) is 12.6 Å². The smallest absolute Gasteiger partial charge is 0.237 e. The summed E-state index contributed by atoms with van der Waals surface area (Å²) in [6.45, 7) is 1.79. The highest BCUT2D eigenvalue weighted by atomic mass is 16.3. The van der Waals surface area contributed by atoms with Crippen LogP contribution in [0.3, 0.4) is 0 Å². The van der Waals surface area contributed by atoms with Crippen molar-refractivity contribution in [2.24, 2.45) is 5.41 Å². The molecular formula is C12H22N2O2. The summed E-state index contributed by atoms with van der Waals surface area (Å²) in [5.74, 6) is 0.113. The van der Waals surface area contributed by atoms with Crippen LogP contribution in [-0.4, -0.2) is 36.8 Å². The van der Waals surface area contributed by atoms with Gasteiger partial charge in [-0.2, -0.15) is 0 Å². The Morgan fingerprint density at radius 3 is 2.88 bits per heavy atom. The third-order valence-electron chi connectivity index (χ3n) is 3.81. The molecule has 2 fully saturated rings. The van der Waals surface area contributed by atoms with E-state index in [1.165, 1.54) is 12.8 Å². The van der Waals surface area contributed by atoms with E-state index in [9.17, 15) is 4.79 Å². The van der Waals surface area contributed by atoms with Crippen molar-refractivity contribution in [2.75, 3.05) is 19.7 Å². The Morgan fingerprint density at radius 1 is 1.38 bits per heavy atom. The Hall–Kier alpha value is -0.610. The van der Waals surface area contributed by atoms with Crippen molar-refractivity contribution in [1.29, 1.82) is 0 Å². The normalized spacial score (nSPS) is 28.2. The molecule has 0 radical (unpaired) electrons. The Balaban J connectivity index is 1.74. The fourth-order valence-corrected chi connectivity index (χ4v) is 2.22. The summed E-state index contributed by atoms with van der Waals surface area (Å²) in [5, 5.41) is 15.4. The van der Waals surface area contributed by atoms with E-state index in [-0.39, 0.29) is 24.0 Å². The molecule has 0 bridgehead atoms. The van der Waals surface area contributed by atoms with E-state index < -0.39 is 0 Å². The van der Waals surface area contributed by atoms with Crippen molar-refractivity contribution in [2.45, 2.75) is 44.6 Å². The molecular weight excluding hydrogens is 204 g/mol. The number of aliphatic hydroxyl groups excluding tert-OH is 1. The summed E-state index contributed by atoms with van der Waals surface area (Å²) in [4.78, 5) is 11.9. The van der Waals surface area contributed by atoms with Crippen LogP contribution in [0.5, 0.6) is 0 Å². The summed E-state index contributed by atoms with van der Waals surface area (Å²) in [6.07, 6.45) is 6.56. The predicted octanol–water partition coefficient (Wildman–Crippen LogP) is 0.407. The molecule has 3 N–H and O–H groups in total. The summed E-state index contributed by atoms with van der Waals surface area (Å²) in [7, 11) is 0. The van der Waals surface area contributed by atoms with Crippen molar-refractivity contribution in [1.82, 2.24) is 10.6 Å². The lowest BCUT2D eigenvalue weighted by Crippen LogP contribution is -2.45. The highest BCUT2D eigenvalue weighted by Crippen LogP contribution is 2.44. The molecule has 1 amide bonds. The van der Waals surface area contributed by atoms with E-state index in [0.29, 0.717) is 6.54 Å². The SMILES string of the molecule is O=C(NCC1(CO)CC1)C1CCCCCN1. The quantitative estimate of drug-likeness (QED) is 0.650. The number of amides is 1. The fraction of sp³-hybridized carbons (Fsp3) is 0.917. The molecule has 1 unspecified atom stereocenters. The number of hydrogen-bond acceptors (Lipinski definition) is 3. The molecule has 0 aromatic heterocycles. The average Bonchev–Trinajstić information content (AvgIpc) is 3.11. The molecule has 16 heavy (non-hydrogen) atoms. The van der Waals surface area contributed by atoms with Gasteiger partial charge in [0, 0.05) is 12.0 Å². The van der Waals surface area contributed by atoms with Crippen LogP contribution < -0.4 is 10.6 Å². The molecule has 1 aliphatic carbocycles. The van der Waals surface area contributed by atoms with E-state index in [1.807, 2.05) is 0 Å². The molecule has 1 atom stereocenters. The maximum atomic E-state index is 11.9. The Kier molecular flexibility index (Phi) is 3.82. The predicted molar refractivity (Wildman–Crippen MR) is 62.0 cm³/mol. The molecule has 0 aromatic carbocycles. The van der Waals surface area contributed by atoms with Gasteiger partial charge < -0.3 is 15.7 Å². The first-order chi connectivity index (χ1) is 7.76. The number of aliphatic hydroxyl groups is 1. The molecule has 4 nitrogen and oxygen atoms in total. The second kappa shape index (κ2) is 5.15. The van der Waals surface area contributed by atoms with Crippen LogP contribution in [0.15, 0.2) is 0 Å². The second-order valence-corrected chi connectivity index (χ2v) is 5.23. The zero-order chi connectivity index (χ0) is 11.4. The zero-order valence-corrected chi connectivity index (χ0v) is 9.80. The van der Waals surface area contributed by atoms with Gasteiger partial charge in [0.2, 0.25) is 5.91 Å². The molecule has 92 valence electrons. The van der Waals surface area contributed by atoms with Gasteiger partial charge in [0.15, 0.2) is 0 Å². The van der Waals surface area contributed by atoms with Crippen molar-refractivity contribution in [3.05, 3.63) is 0 Å². The van der Waals surface area contributed by atoms with E-state index in [2.05, 4.69) is 10.6 Å². The van der Waals surface area contributed by atoms with Crippen LogP contribution in [0.2, 0.25) is 0 Å².